The SMILES string of the molecule is [2H]C1(c2ccccc2N(c2ccc3c(c2)C(C)(C)c2ccccc2-3)c2ccc3c(c2)C2(c4ccccc4-3)c3cc(C(C)(C)C)ccc3-c3ccc(C(C)(C)C)cc32)CC1. The third-order valence-electron chi connectivity index (χ3n) is 14.0. The molecule has 58 heavy (non-hydrogen) atoms. The topological polar surface area (TPSA) is 3.24 Å². The molecule has 0 amide bonds. The maximum absolute atomic E-state index is 9.53. The van der Waals surface area contributed by atoms with Crippen LogP contribution in [0, 0.1) is 0 Å². The van der Waals surface area contributed by atoms with Crippen LogP contribution in [0.25, 0.3) is 33.4 Å². The summed E-state index contributed by atoms with van der Waals surface area (Å²) in [5.41, 5.74) is 22.5. The van der Waals surface area contributed by atoms with E-state index in [1.165, 1.54) is 77.9 Å². The highest BCUT2D eigenvalue weighted by Gasteiger charge is 2.52. The van der Waals surface area contributed by atoms with E-state index in [1.807, 2.05) is 0 Å². The van der Waals surface area contributed by atoms with Crippen LogP contribution in [0.5, 0.6) is 0 Å². The number of fused-ring (bicyclic) bond motifs is 13. The van der Waals surface area contributed by atoms with Gasteiger partial charge < -0.3 is 4.90 Å². The van der Waals surface area contributed by atoms with Crippen molar-refractivity contribution < 1.29 is 1.37 Å². The van der Waals surface area contributed by atoms with Gasteiger partial charge in [-0.05, 0) is 143 Å². The quantitative estimate of drug-likeness (QED) is 0.173. The molecule has 4 aliphatic carbocycles. The predicted molar refractivity (Wildman–Crippen MR) is 244 cm³/mol. The molecule has 0 bridgehead atoms. The second-order valence-corrected chi connectivity index (χ2v) is 19.9. The maximum Gasteiger partial charge on any atom is 0.0726 e. The van der Waals surface area contributed by atoms with Gasteiger partial charge in [-0.15, -0.1) is 0 Å². The Hall–Kier alpha value is -5.66. The minimum absolute atomic E-state index is 0.0130. The Labute approximate surface area is 346 Å². The molecule has 286 valence electrons. The van der Waals surface area contributed by atoms with E-state index < -0.39 is 11.3 Å². The van der Waals surface area contributed by atoms with Crippen molar-refractivity contribution in [1.82, 2.24) is 0 Å². The molecule has 1 spiro atoms. The Morgan fingerprint density at radius 2 is 0.897 bits per heavy atom. The molecular formula is C57H53N. The van der Waals surface area contributed by atoms with Gasteiger partial charge in [0.05, 0.1) is 5.41 Å². The lowest BCUT2D eigenvalue weighted by atomic mass is 9.68. The van der Waals surface area contributed by atoms with Crippen molar-refractivity contribution in [3.63, 3.8) is 0 Å². The normalized spacial score (nSPS) is 17.1. The Kier molecular flexibility index (Phi) is 7.09. The first-order valence-electron chi connectivity index (χ1n) is 21.8. The highest BCUT2D eigenvalue weighted by Crippen LogP contribution is 2.64. The van der Waals surface area contributed by atoms with Crippen LogP contribution in [0.3, 0.4) is 0 Å². The van der Waals surface area contributed by atoms with Gasteiger partial charge in [0.1, 0.15) is 0 Å². The van der Waals surface area contributed by atoms with Crippen molar-refractivity contribution in [2.75, 3.05) is 4.90 Å². The molecule has 0 N–H and O–H groups in total. The van der Waals surface area contributed by atoms with Gasteiger partial charge in [0.25, 0.3) is 0 Å². The van der Waals surface area contributed by atoms with Crippen LogP contribution in [0.1, 0.15) is 126 Å². The molecule has 0 aromatic heterocycles. The van der Waals surface area contributed by atoms with E-state index in [0.29, 0.717) is 0 Å². The summed E-state index contributed by atoms with van der Waals surface area (Å²) in [5, 5.41) is 0. The molecule has 4 aliphatic rings. The second kappa shape index (κ2) is 12.0. The largest absolute Gasteiger partial charge is 0.310 e. The molecule has 1 saturated carbocycles. The van der Waals surface area contributed by atoms with E-state index in [-0.39, 0.29) is 16.2 Å². The summed E-state index contributed by atoms with van der Waals surface area (Å²) in [6.45, 7) is 18.7. The first kappa shape index (κ1) is 34.4. The summed E-state index contributed by atoms with van der Waals surface area (Å²) in [6, 6.07) is 55.8. The van der Waals surface area contributed by atoms with Crippen molar-refractivity contribution in [3.8, 4) is 33.4 Å². The molecule has 7 aromatic carbocycles. The van der Waals surface area contributed by atoms with E-state index in [9.17, 15) is 1.37 Å². The summed E-state index contributed by atoms with van der Waals surface area (Å²) in [7, 11) is 0. The molecule has 0 aliphatic heterocycles. The van der Waals surface area contributed by atoms with Crippen LogP contribution in [0.2, 0.25) is 0 Å². The van der Waals surface area contributed by atoms with Gasteiger partial charge in [0, 0.05) is 23.8 Å². The summed E-state index contributed by atoms with van der Waals surface area (Å²) >= 11 is 0. The average molecular weight is 753 g/mol. The van der Waals surface area contributed by atoms with Gasteiger partial charge >= 0.3 is 0 Å². The lowest BCUT2D eigenvalue weighted by molar-refractivity contribution is 0.586. The van der Waals surface area contributed by atoms with Gasteiger partial charge in [0.15, 0.2) is 0 Å². The van der Waals surface area contributed by atoms with Gasteiger partial charge in [-0.1, -0.05) is 171 Å². The molecule has 0 heterocycles. The van der Waals surface area contributed by atoms with Crippen LogP contribution in [0.15, 0.2) is 146 Å². The number of rotatable bonds is 4. The third kappa shape index (κ3) is 4.89. The Morgan fingerprint density at radius 1 is 0.466 bits per heavy atom. The molecule has 11 rings (SSSR count). The van der Waals surface area contributed by atoms with Gasteiger partial charge in [-0.3, -0.25) is 0 Å². The van der Waals surface area contributed by atoms with Crippen LogP contribution in [-0.2, 0) is 21.7 Å². The fourth-order valence-electron chi connectivity index (χ4n) is 10.8. The van der Waals surface area contributed by atoms with E-state index in [0.717, 1.165) is 35.5 Å². The van der Waals surface area contributed by atoms with Gasteiger partial charge in [-0.25, -0.2) is 0 Å². The average Bonchev–Trinajstić information content (AvgIpc) is 3.74. The van der Waals surface area contributed by atoms with Crippen LogP contribution in [0.4, 0.5) is 17.1 Å². The summed E-state index contributed by atoms with van der Waals surface area (Å²) in [5.74, 6) is -0.578. The molecule has 7 aromatic rings. The molecule has 1 fully saturated rings. The maximum atomic E-state index is 9.53. The number of benzene rings is 7. The summed E-state index contributed by atoms with van der Waals surface area (Å²) in [6.07, 6.45) is 1.76. The third-order valence-corrected chi connectivity index (χ3v) is 14.0. The molecule has 0 radical (unpaired) electrons. The van der Waals surface area contributed by atoms with Crippen LogP contribution < -0.4 is 4.90 Å². The van der Waals surface area contributed by atoms with Crippen molar-refractivity contribution >= 4 is 17.1 Å². The highest BCUT2D eigenvalue weighted by molar-refractivity contribution is 5.97. The summed E-state index contributed by atoms with van der Waals surface area (Å²) < 4.78 is 9.53. The smallest absolute Gasteiger partial charge is 0.0726 e. The first-order chi connectivity index (χ1) is 28.1. The molecular weight excluding hydrogens is 699 g/mol. The summed E-state index contributed by atoms with van der Waals surface area (Å²) in [4.78, 5) is 2.48. The monoisotopic (exact) mass is 752 g/mol. The number of para-hydroxylation sites is 1. The Morgan fingerprint density at radius 3 is 1.47 bits per heavy atom. The van der Waals surface area contributed by atoms with Crippen molar-refractivity contribution in [2.45, 2.75) is 95.8 Å². The van der Waals surface area contributed by atoms with E-state index in [1.54, 1.807) is 0 Å². The van der Waals surface area contributed by atoms with E-state index in [2.05, 4.69) is 206 Å². The second-order valence-electron chi connectivity index (χ2n) is 19.9. The predicted octanol–water partition coefficient (Wildman–Crippen LogP) is 15.3. The molecule has 0 unspecified atom stereocenters. The standard InChI is InChI=1S/C57H53N/c1-54(2,3)36-23-27-44-45-28-24-37(55(4,5)6)32-51(45)57(50(44)31-36)48-19-13-10-17-42(48)46-30-26-39(34-52(46)57)58(53-20-14-11-15-40(53)35-21-22-35)38-25-29-43-41-16-9-12-18-47(41)56(7,8)49(43)33-38/h9-20,23-35H,21-22H2,1-8H3/i35D. The van der Waals surface area contributed by atoms with Gasteiger partial charge in [-0.2, -0.15) is 0 Å². The van der Waals surface area contributed by atoms with E-state index in [4.69, 9.17) is 0 Å². The number of hydrogen-bond acceptors (Lipinski definition) is 1. The first-order valence-corrected chi connectivity index (χ1v) is 21.3. The molecule has 0 atom stereocenters. The van der Waals surface area contributed by atoms with E-state index >= 15 is 0 Å². The fourth-order valence-corrected chi connectivity index (χ4v) is 10.8. The Bertz CT molecular complexity index is 2840. The molecule has 0 saturated heterocycles. The lowest BCUT2D eigenvalue weighted by Crippen LogP contribution is -2.27. The van der Waals surface area contributed by atoms with Crippen molar-refractivity contribution in [3.05, 3.63) is 196 Å². The Balaban J connectivity index is 1.21. The highest BCUT2D eigenvalue weighted by atomic mass is 15.1. The van der Waals surface area contributed by atoms with Crippen LogP contribution >= 0.6 is 0 Å². The zero-order valence-electron chi connectivity index (χ0n) is 36.2. The number of nitrogens with zero attached hydrogens (tertiary/aromatic N) is 1. The zero-order chi connectivity index (χ0) is 40.9. The minimum atomic E-state index is -0.578. The van der Waals surface area contributed by atoms with Crippen LogP contribution in [-0.4, -0.2) is 0 Å². The molecule has 1 heteroatoms. The van der Waals surface area contributed by atoms with Gasteiger partial charge in [0.2, 0.25) is 0 Å². The van der Waals surface area contributed by atoms with Crippen molar-refractivity contribution in [2.24, 2.45) is 0 Å². The number of hydrogen-bond donors (Lipinski definition) is 0. The fraction of sp³-hybridized carbons (Fsp3) is 0.263. The minimum Gasteiger partial charge on any atom is -0.310 e. The molecule has 1 nitrogen and oxygen atoms in total. The zero-order valence-corrected chi connectivity index (χ0v) is 35.2. The number of anilines is 3. The lowest BCUT2D eigenvalue weighted by Gasteiger charge is -2.34. The van der Waals surface area contributed by atoms with Crippen molar-refractivity contribution in [1.29, 1.82) is 0 Å².